The number of methoxy groups -OCH3 is 3. The van der Waals surface area contributed by atoms with E-state index in [0.717, 1.165) is 11.1 Å². The molecule has 0 bridgehead atoms. The van der Waals surface area contributed by atoms with Crippen molar-refractivity contribution in [3.05, 3.63) is 59.7 Å². The first-order valence-electron chi connectivity index (χ1n) is 9.20. The highest BCUT2D eigenvalue weighted by Gasteiger charge is 2.23. The van der Waals surface area contributed by atoms with Crippen molar-refractivity contribution in [3.8, 4) is 17.2 Å². The molecule has 3 N–H and O–H groups in total. The van der Waals surface area contributed by atoms with Gasteiger partial charge in [-0.15, -0.1) is 0 Å². The van der Waals surface area contributed by atoms with Crippen LogP contribution in [-0.4, -0.2) is 33.9 Å². The number of ether oxygens (including phenoxy) is 4. The summed E-state index contributed by atoms with van der Waals surface area (Å²) >= 11 is 0. The van der Waals surface area contributed by atoms with Crippen LogP contribution in [0.4, 0.5) is 5.69 Å². The predicted molar refractivity (Wildman–Crippen MR) is 113 cm³/mol. The molecule has 0 spiro atoms. The number of nitrogens with one attached hydrogen (secondary N) is 1. The molecular formula is C22H28N2O5. The highest BCUT2D eigenvalue weighted by Crippen LogP contribution is 2.41. The maximum Gasteiger partial charge on any atom is 0.335 e. The zero-order valence-electron chi connectivity index (χ0n) is 17.3. The SMILES string of the molecule is C=C(C(=O)OCC)[C@@H](Nc1cc(OC)c(OC)c(OC)c1)c1ccc(CN)cc1. The van der Waals surface area contributed by atoms with Gasteiger partial charge in [-0.2, -0.15) is 0 Å². The normalized spacial score (nSPS) is 11.3. The summed E-state index contributed by atoms with van der Waals surface area (Å²) in [4.78, 5) is 12.4. The molecule has 0 aliphatic carbocycles. The van der Waals surface area contributed by atoms with Gasteiger partial charge in [0.2, 0.25) is 5.75 Å². The third kappa shape index (κ3) is 5.20. The summed E-state index contributed by atoms with van der Waals surface area (Å²) in [5, 5.41) is 3.33. The molecule has 0 saturated heterocycles. The van der Waals surface area contributed by atoms with Crippen LogP contribution in [0.5, 0.6) is 17.2 Å². The molecule has 156 valence electrons. The Balaban J connectivity index is 2.46. The molecule has 0 unspecified atom stereocenters. The van der Waals surface area contributed by atoms with Crippen molar-refractivity contribution in [2.45, 2.75) is 19.5 Å². The summed E-state index contributed by atoms with van der Waals surface area (Å²) in [5.74, 6) is 0.996. The zero-order chi connectivity index (χ0) is 21.4. The number of nitrogens with two attached hydrogens (primary N) is 1. The van der Waals surface area contributed by atoms with Gasteiger partial charge in [-0.3, -0.25) is 0 Å². The van der Waals surface area contributed by atoms with Gasteiger partial charge in [-0.05, 0) is 18.1 Å². The van der Waals surface area contributed by atoms with E-state index in [1.807, 2.05) is 24.3 Å². The molecule has 0 aromatic heterocycles. The fraction of sp³-hybridized carbons (Fsp3) is 0.318. The summed E-state index contributed by atoms with van der Waals surface area (Å²) in [6.07, 6.45) is 0. The monoisotopic (exact) mass is 400 g/mol. The quantitative estimate of drug-likeness (QED) is 0.466. The molecule has 0 heterocycles. The highest BCUT2D eigenvalue weighted by atomic mass is 16.5. The standard InChI is InChI=1S/C22H28N2O5/c1-6-29-22(25)14(2)20(16-9-7-15(13-23)8-10-16)24-17-11-18(26-3)21(28-5)19(12-17)27-4/h7-12,20,24H,2,6,13,23H2,1,3-5H3/t20-/m1/s1. The van der Waals surface area contributed by atoms with Crippen LogP contribution in [0, 0.1) is 0 Å². The smallest absolute Gasteiger partial charge is 0.335 e. The van der Waals surface area contributed by atoms with Crippen molar-refractivity contribution in [2.75, 3.05) is 33.3 Å². The van der Waals surface area contributed by atoms with Crippen molar-refractivity contribution in [3.63, 3.8) is 0 Å². The lowest BCUT2D eigenvalue weighted by Crippen LogP contribution is -2.20. The number of esters is 1. The van der Waals surface area contributed by atoms with Gasteiger partial charge in [0.15, 0.2) is 11.5 Å². The Kier molecular flexibility index (Phi) is 7.91. The molecule has 0 radical (unpaired) electrons. The molecule has 0 aliphatic heterocycles. The summed E-state index contributed by atoms with van der Waals surface area (Å²) in [7, 11) is 4.63. The summed E-state index contributed by atoms with van der Waals surface area (Å²) in [6.45, 7) is 6.41. The Morgan fingerprint density at radius 1 is 1.07 bits per heavy atom. The molecule has 7 heteroatoms. The maximum atomic E-state index is 12.4. The molecule has 2 rings (SSSR count). The van der Waals surface area contributed by atoms with E-state index in [4.69, 9.17) is 24.7 Å². The second-order valence-corrected chi connectivity index (χ2v) is 6.18. The Hall–Kier alpha value is -3.19. The second kappa shape index (κ2) is 10.4. The van der Waals surface area contributed by atoms with E-state index in [9.17, 15) is 4.79 Å². The van der Waals surface area contributed by atoms with Crippen molar-refractivity contribution < 1.29 is 23.7 Å². The van der Waals surface area contributed by atoms with Crippen LogP contribution in [0.3, 0.4) is 0 Å². The molecule has 29 heavy (non-hydrogen) atoms. The minimum Gasteiger partial charge on any atom is -0.493 e. The Morgan fingerprint density at radius 3 is 2.10 bits per heavy atom. The van der Waals surface area contributed by atoms with Crippen molar-refractivity contribution in [1.29, 1.82) is 0 Å². The van der Waals surface area contributed by atoms with E-state index >= 15 is 0 Å². The van der Waals surface area contributed by atoms with Crippen molar-refractivity contribution >= 4 is 11.7 Å². The van der Waals surface area contributed by atoms with Crippen LogP contribution in [0.2, 0.25) is 0 Å². The first kappa shape index (κ1) is 22.1. The van der Waals surface area contributed by atoms with E-state index in [1.165, 1.54) is 7.11 Å². The van der Waals surface area contributed by atoms with Gasteiger partial charge in [-0.1, -0.05) is 30.8 Å². The Labute approximate surface area is 171 Å². The number of hydrogen-bond acceptors (Lipinski definition) is 7. The molecule has 0 saturated carbocycles. The number of anilines is 1. The second-order valence-electron chi connectivity index (χ2n) is 6.18. The van der Waals surface area contributed by atoms with Gasteiger partial charge in [0.05, 0.1) is 39.6 Å². The molecule has 2 aromatic rings. The topological polar surface area (TPSA) is 92.0 Å². The Morgan fingerprint density at radius 2 is 1.66 bits per heavy atom. The van der Waals surface area contributed by atoms with Gasteiger partial charge >= 0.3 is 5.97 Å². The number of rotatable bonds is 10. The van der Waals surface area contributed by atoms with Gasteiger partial charge in [-0.25, -0.2) is 4.79 Å². The van der Waals surface area contributed by atoms with Gasteiger partial charge in [0, 0.05) is 24.4 Å². The third-order valence-corrected chi connectivity index (χ3v) is 4.41. The summed E-state index contributed by atoms with van der Waals surface area (Å²) in [6, 6.07) is 10.6. The first-order chi connectivity index (χ1) is 14.0. The van der Waals surface area contributed by atoms with Crippen LogP contribution in [0.15, 0.2) is 48.6 Å². The number of hydrogen-bond donors (Lipinski definition) is 2. The van der Waals surface area contributed by atoms with E-state index < -0.39 is 12.0 Å². The van der Waals surface area contributed by atoms with E-state index in [2.05, 4.69) is 11.9 Å². The van der Waals surface area contributed by atoms with E-state index in [-0.39, 0.29) is 12.2 Å². The average Bonchev–Trinajstić information content (AvgIpc) is 2.76. The maximum absolute atomic E-state index is 12.4. The summed E-state index contributed by atoms with van der Waals surface area (Å²) in [5.41, 5.74) is 8.46. The zero-order valence-corrected chi connectivity index (χ0v) is 17.3. The highest BCUT2D eigenvalue weighted by molar-refractivity contribution is 5.90. The third-order valence-electron chi connectivity index (χ3n) is 4.41. The van der Waals surface area contributed by atoms with Crippen molar-refractivity contribution in [2.24, 2.45) is 5.73 Å². The van der Waals surface area contributed by atoms with Crippen LogP contribution in [0.25, 0.3) is 0 Å². The van der Waals surface area contributed by atoms with Gasteiger partial charge in [0.25, 0.3) is 0 Å². The molecular weight excluding hydrogens is 372 g/mol. The van der Waals surface area contributed by atoms with Crippen LogP contribution in [0.1, 0.15) is 24.1 Å². The predicted octanol–water partition coefficient (Wildman–Crippen LogP) is 3.44. The molecule has 0 amide bonds. The molecule has 0 aliphatic rings. The molecule has 7 nitrogen and oxygen atoms in total. The summed E-state index contributed by atoms with van der Waals surface area (Å²) < 4.78 is 21.3. The Bertz CT molecular complexity index is 824. The van der Waals surface area contributed by atoms with Gasteiger partial charge < -0.3 is 30.0 Å². The van der Waals surface area contributed by atoms with Gasteiger partial charge in [0.1, 0.15) is 0 Å². The first-order valence-corrected chi connectivity index (χ1v) is 9.20. The molecule has 1 atom stereocenters. The van der Waals surface area contributed by atoms with E-state index in [0.29, 0.717) is 29.5 Å². The molecule has 0 fully saturated rings. The largest absolute Gasteiger partial charge is 0.493 e. The number of carbonyl (C=O) groups is 1. The van der Waals surface area contributed by atoms with Crippen molar-refractivity contribution in [1.82, 2.24) is 0 Å². The number of benzene rings is 2. The number of carbonyl (C=O) groups excluding carboxylic acids is 1. The fourth-order valence-corrected chi connectivity index (χ4v) is 2.89. The minimum atomic E-state index is -0.524. The minimum absolute atomic E-state index is 0.265. The lowest BCUT2D eigenvalue weighted by Gasteiger charge is -2.23. The van der Waals surface area contributed by atoms with Crippen LogP contribution in [-0.2, 0) is 16.1 Å². The van der Waals surface area contributed by atoms with Crippen LogP contribution < -0.4 is 25.3 Å². The van der Waals surface area contributed by atoms with Crippen LogP contribution >= 0.6 is 0 Å². The lowest BCUT2D eigenvalue weighted by molar-refractivity contribution is -0.138. The lowest BCUT2D eigenvalue weighted by atomic mass is 9.98. The fourth-order valence-electron chi connectivity index (χ4n) is 2.89. The van der Waals surface area contributed by atoms with E-state index in [1.54, 1.807) is 33.3 Å². The average molecular weight is 400 g/mol. The molecule has 2 aromatic carbocycles.